The Morgan fingerprint density at radius 2 is 2.00 bits per heavy atom. The van der Waals surface area contributed by atoms with E-state index < -0.39 is 0 Å². The molecule has 0 saturated carbocycles. The molecular formula is C15H17N3O. The Morgan fingerprint density at radius 1 is 1.21 bits per heavy atom. The summed E-state index contributed by atoms with van der Waals surface area (Å²) in [4.78, 5) is 20.0. The van der Waals surface area contributed by atoms with Crippen molar-refractivity contribution in [1.82, 2.24) is 15.3 Å². The highest BCUT2D eigenvalue weighted by molar-refractivity contribution is 5.78. The van der Waals surface area contributed by atoms with Crippen molar-refractivity contribution in [3.8, 4) is 0 Å². The highest BCUT2D eigenvalue weighted by Crippen LogP contribution is 2.15. The molecule has 0 fully saturated rings. The molecule has 0 aromatic carbocycles. The number of carbonyl (C=O) groups excluding carboxylic acids is 1. The normalized spacial score (nSPS) is 11.8. The van der Waals surface area contributed by atoms with Crippen molar-refractivity contribution >= 4 is 5.91 Å². The molecule has 1 N–H and O–H groups in total. The Kier molecular flexibility index (Phi) is 4.61. The van der Waals surface area contributed by atoms with Gasteiger partial charge in [0.05, 0.1) is 12.5 Å². The van der Waals surface area contributed by atoms with E-state index in [1.807, 2.05) is 24.3 Å². The highest BCUT2D eigenvalue weighted by atomic mass is 16.1. The molecule has 2 rings (SSSR count). The SMILES string of the molecule is CC[C@H](NC(=O)Cc1cccnc1)c1ccncc1. The van der Waals surface area contributed by atoms with Crippen molar-refractivity contribution in [1.29, 1.82) is 0 Å². The van der Waals surface area contributed by atoms with Gasteiger partial charge in [-0.15, -0.1) is 0 Å². The second-order valence-electron chi connectivity index (χ2n) is 4.35. The molecule has 4 heteroatoms. The van der Waals surface area contributed by atoms with Crippen molar-refractivity contribution in [2.45, 2.75) is 25.8 Å². The fourth-order valence-corrected chi connectivity index (χ4v) is 1.95. The lowest BCUT2D eigenvalue weighted by atomic mass is 10.1. The number of rotatable bonds is 5. The Morgan fingerprint density at radius 3 is 2.63 bits per heavy atom. The van der Waals surface area contributed by atoms with Crippen LogP contribution in [0.5, 0.6) is 0 Å². The van der Waals surface area contributed by atoms with E-state index in [0.29, 0.717) is 6.42 Å². The van der Waals surface area contributed by atoms with Gasteiger partial charge in [-0.05, 0) is 35.7 Å². The van der Waals surface area contributed by atoms with Gasteiger partial charge in [0, 0.05) is 24.8 Å². The highest BCUT2D eigenvalue weighted by Gasteiger charge is 2.12. The number of hydrogen-bond donors (Lipinski definition) is 1. The quantitative estimate of drug-likeness (QED) is 0.891. The average molecular weight is 255 g/mol. The molecule has 2 heterocycles. The van der Waals surface area contributed by atoms with E-state index in [2.05, 4.69) is 22.2 Å². The van der Waals surface area contributed by atoms with Crippen LogP contribution in [0, 0.1) is 0 Å². The molecule has 0 bridgehead atoms. The van der Waals surface area contributed by atoms with Gasteiger partial charge in [0.2, 0.25) is 5.91 Å². The van der Waals surface area contributed by atoms with Crippen LogP contribution in [-0.2, 0) is 11.2 Å². The maximum atomic E-state index is 12.0. The number of pyridine rings is 2. The number of nitrogens with one attached hydrogen (secondary N) is 1. The first-order valence-corrected chi connectivity index (χ1v) is 6.37. The summed E-state index contributed by atoms with van der Waals surface area (Å²) in [6.45, 7) is 2.05. The molecule has 0 aliphatic heterocycles. The first kappa shape index (κ1) is 13.2. The molecular weight excluding hydrogens is 238 g/mol. The minimum Gasteiger partial charge on any atom is -0.349 e. The van der Waals surface area contributed by atoms with Gasteiger partial charge in [-0.2, -0.15) is 0 Å². The summed E-state index contributed by atoms with van der Waals surface area (Å²) >= 11 is 0. The average Bonchev–Trinajstić information content (AvgIpc) is 2.47. The first-order chi connectivity index (χ1) is 9.29. The fourth-order valence-electron chi connectivity index (χ4n) is 1.95. The lowest BCUT2D eigenvalue weighted by Crippen LogP contribution is -2.29. The van der Waals surface area contributed by atoms with Crippen LogP contribution in [0.25, 0.3) is 0 Å². The molecule has 0 saturated heterocycles. The van der Waals surface area contributed by atoms with Crippen LogP contribution in [0.4, 0.5) is 0 Å². The maximum Gasteiger partial charge on any atom is 0.224 e. The van der Waals surface area contributed by atoms with Crippen LogP contribution in [0.2, 0.25) is 0 Å². The molecule has 2 aromatic rings. The predicted molar refractivity (Wildman–Crippen MR) is 73.4 cm³/mol. The number of hydrogen-bond acceptors (Lipinski definition) is 3. The smallest absolute Gasteiger partial charge is 0.224 e. The van der Waals surface area contributed by atoms with Gasteiger partial charge in [0.15, 0.2) is 0 Å². The van der Waals surface area contributed by atoms with E-state index in [0.717, 1.165) is 17.5 Å². The monoisotopic (exact) mass is 255 g/mol. The molecule has 0 aliphatic carbocycles. The van der Waals surface area contributed by atoms with Gasteiger partial charge < -0.3 is 5.32 Å². The zero-order valence-corrected chi connectivity index (χ0v) is 10.9. The van der Waals surface area contributed by atoms with Crippen molar-refractivity contribution in [3.63, 3.8) is 0 Å². The lowest BCUT2D eigenvalue weighted by molar-refractivity contribution is -0.121. The van der Waals surface area contributed by atoms with Crippen molar-refractivity contribution in [2.75, 3.05) is 0 Å². The Labute approximate surface area is 112 Å². The second-order valence-corrected chi connectivity index (χ2v) is 4.35. The zero-order valence-electron chi connectivity index (χ0n) is 10.9. The summed E-state index contributed by atoms with van der Waals surface area (Å²) in [5.74, 6) is 0.0108. The number of carbonyl (C=O) groups is 1. The molecule has 98 valence electrons. The maximum absolute atomic E-state index is 12.0. The predicted octanol–water partition coefficient (Wildman–Crippen LogP) is 2.29. The largest absolute Gasteiger partial charge is 0.349 e. The Balaban J connectivity index is 1.97. The molecule has 2 aromatic heterocycles. The summed E-state index contributed by atoms with van der Waals surface area (Å²) in [5, 5.41) is 3.04. The van der Waals surface area contributed by atoms with Gasteiger partial charge in [-0.3, -0.25) is 14.8 Å². The van der Waals surface area contributed by atoms with Crippen LogP contribution in [0.1, 0.15) is 30.5 Å². The van der Waals surface area contributed by atoms with Crippen molar-refractivity contribution in [2.24, 2.45) is 0 Å². The number of aromatic nitrogens is 2. The van der Waals surface area contributed by atoms with Crippen molar-refractivity contribution in [3.05, 3.63) is 60.2 Å². The van der Waals surface area contributed by atoms with Gasteiger partial charge >= 0.3 is 0 Å². The van der Waals surface area contributed by atoms with Crippen LogP contribution in [0.3, 0.4) is 0 Å². The van der Waals surface area contributed by atoms with Crippen molar-refractivity contribution < 1.29 is 4.79 Å². The Bertz CT molecular complexity index is 513. The molecule has 0 aliphatic rings. The van der Waals surface area contributed by atoms with Gasteiger partial charge in [0.1, 0.15) is 0 Å². The fraction of sp³-hybridized carbons (Fsp3) is 0.267. The van der Waals surface area contributed by atoms with E-state index >= 15 is 0 Å². The summed E-state index contributed by atoms with van der Waals surface area (Å²) in [5.41, 5.74) is 2.00. The Hall–Kier alpha value is -2.23. The second kappa shape index (κ2) is 6.64. The van der Waals surface area contributed by atoms with E-state index in [1.54, 1.807) is 24.8 Å². The lowest BCUT2D eigenvalue weighted by Gasteiger charge is -2.17. The minimum absolute atomic E-state index is 0.0108. The molecule has 1 atom stereocenters. The summed E-state index contributed by atoms with van der Waals surface area (Å²) in [6.07, 6.45) is 8.11. The number of amides is 1. The molecule has 19 heavy (non-hydrogen) atoms. The van der Waals surface area contributed by atoms with E-state index in [-0.39, 0.29) is 11.9 Å². The first-order valence-electron chi connectivity index (χ1n) is 6.37. The summed E-state index contributed by atoms with van der Waals surface area (Å²) < 4.78 is 0. The topological polar surface area (TPSA) is 54.9 Å². The van der Waals surface area contributed by atoms with E-state index in [1.165, 1.54) is 0 Å². The van der Waals surface area contributed by atoms with Gasteiger partial charge in [0.25, 0.3) is 0 Å². The third-order valence-electron chi connectivity index (χ3n) is 2.94. The van der Waals surface area contributed by atoms with Crippen LogP contribution < -0.4 is 5.32 Å². The molecule has 0 radical (unpaired) electrons. The molecule has 0 unspecified atom stereocenters. The third kappa shape index (κ3) is 3.88. The molecule has 4 nitrogen and oxygen atoms in total. The van der Waals surface area contributed by atoms with Crippen LogP contribution in [0.15, 0.2) is 49.1 Å². The zero-order chi connectivity index (χ0) is 13.5. The standard InChI is InChI=1S/C15H17N3O/c1-2-14(13-5-8-16-9-6-13)18-15(19)10-12-4-3-7-17-11-12/h3-9,11,14H,2,10H2,1H3,(H,18,19)/t14-/m0/s1. The molecule has 1 amide bonds. The van der Waals surface area contributed by atoms with E-state index in [4.69, 9.17) is 0 Å². The summed E-state index contributed by atoms with van der Waals surface area (Å²) in [6, 6.07) is 7.63. The minimum atomic E-state index is 0.0108. The van der Waals surface area contributed by atoms with E-state index in [9.17, 15) is 4.79 Å². The van der Waals surface area contributed by atoms with Gasteiger partial charge in [-0.1, -0.05) is 13.0 Å². The van der Waals surface area contributed by atoms with Gasteiger partial charge in [-0.25, -0.2) is 0 Å². The summed E-state index contributed by atoms with van der Waals surface area (Å²) in [7, 11) is 0. The molecule has 0 spiro atoms. The van der Waals surface area contributed by atoms with Crippen LogP contribution in [-0.4, -0.2) is 15.9 Å². The third-order valence-corrected chi connectivity index (χ3v) is 2.94. The van der Waals surface area contributed by atoms with Crippen LogP contribution >= 0.6 is 0 Å². The number of nitrogens with zero attached hydrogens (tertiary/aromatic N) is 2.